The van der Waals surface area contributed by atoms with Crippen molar-refractivity contribution in [1.82, 2.24) is 4.98 Å². The highest BCUT2D eigenvalue weighted by Gasteiger charge is 2.31. The minimum absolute atomic E-state index is 0.283. The van der Waals surface area contributed by atoms with Gasteiger partial charge in [0.15, 0.2) is 0 Å². The van der Waals surface area contributed by atoms with Crippen molar-refractivity contribution in [1.29, 1.82) is 0 Å². The van der Waals surface area contributed by atoms with Gasteiger partial charge >= 0.3 is 6.36 Å². The van der Waals surface area contributed by atoms with Crippen LogP contribution in [0.4, 0.5) is 24.5 Å². The van der Waals surface area contributed by atoms with E-state index < -0.39 is 6.36 Å². The molecule has 3 aromatic carbocycles. The van der Waals surface area contributed by atoms with Crippen molar-refractivity contribution < 1.29 is 22.7 Å². The zero-order valence-corrected chi connectivity index (χ0v) is 21.0. The van der Waals surface area contributed by atoms with E-state index >= 15 is 0 Å². The molecule has 0 saturated heterocycles. The third kappa shape index (κ3) is 5.63. The molecule has 0 aliphatic carbocycles. The van der Waals surface area contributed by atoms with Gasteiger partial charge in [0.2, 0.25) is 0 Å². The van der Waals surface area contributed by atoms with Crippen LogP contribution in [0.2, 0.25) is 0 Å². The first-order valence-electron chi connectivity index (χ1n) is 11.7. The molecular weight excluding hydrogens is 511 g/mol. The average molecular weight is 534 g/mol. The maximum absolute atomic E-state index is 13.4. The number of alkyl halides is 3. The minimum atomic E-state index is -4.76. The second-order valence-corrected chi connectivity index (χ2v) is 9.42. The number of aryl methyl sites for hydroxylation is 1. The van der Waals surface area contributed by atoms with Crippen LogP contribution in [0.25, 0.3) is 22.0 Å². The summed E-state index contributed by atoms with van der Waals surface area (Å²) in [6.07, 6.45) is -2.99. The van der Waals surface area contributed by atoms with Gasteiger partial charge in [0, 0.05) is 29.4 Å². The molecule has 0 unspecified atom stereocenters. The number of thiophene rings is 1. The Morgan fingerprint density at radius 1 is 0.974 bits per heavy atom. The van der Waals surface area contributed by atoms with E-state index in [0.717, 1.165) is 27.7 Å². The molecule has 2 heterocycles. The van der Waals surface area contributed by atoms with Crippen molar-refractivity contribution in [3.8, 4) is 16.9 Å². The fourth-order valence-corrected chi connectivity index (χ4v) is 5.10. The molecule has 1 amide bonds. The molecule has 0 atom stereocenters. The Hall–Kier alpha value is -4.37. The maximum atomic E-state index is 13.4. The maximum Gasteiger partial charge on any atom is 0.573 e. The first kappa shape index (κ1) is 25.3. The average Bonchev–Trinajstić information content (AvgIpc) is 3.27. The zero-order valence-electron chi connectivity index (χ0n) is 20.2. The van der Waals surface area contributed by atoms with Crippen LogP contribution in [-0.4, -0.2) is 17.3 Å². The summed E-state index contributed by atoms with van der Waals surface area (Å²) in [7, 11) is 0. The Kier molecular flexibility index (Phi) is 7.02. The lowest BCUT2D eigenvalue weighted by Gasteiger charge is -2.14. The summed E-state index contributed by atoms with van der Waals surface area (Å²) in [5, 5.41) is 9.36. The molecule has 0 spiro atoms. The van der Waals surface area contributed by atoms with Gasteiger partial charge in [-0.25, -0.2) is 0 Å². The van der Waals surface area contributed by atoms with Crippen molar-refractivity contribution in [3.05, 3.63) is 106 Å². The zero-order chi connectivity index (χ0) is 26.7. The molecule has 0 radical (unpaired) electrons. The number of rotatable bonds is 7. The number of nitrogens with one attached hydrogen (secondary N) is 2. The van der Waals surface area contributed by atoms with Crippen LogP contribution in [0, 0.1) is 6.92 Å². The van der Waals surface area contributed by atoms with Crippen molar-refractivity contribution in [2.75, 3.05) is 10.6 Å². The number of benzene rings is 3. The van der Waals surface area contributed by atoms with Crippen LogP contribution >= 0.6 is 11.3 Å². The molecule has 5 nitrogen and oxygen atoms in total. The number of carbonyl (C=O) groups excluding carboxylic acids is 1. The van der Waals surface area contributed by atoms with Crippen LogP contribution in [-0.2, 0) is 6.54 Å². The molecule has 192 valence electrons. The highest BCUT2D eigenvalue weighted by molar-refractivity contribution is 7.13. The summed E-state index contributed by atoms with van der Waals surface area (Å²) >= 11 is 1.34. The van der Waals surface area contributed by atoms with Crippen molar-refractivity contribution in [2.24, 2.45) is 0 Å². The van der Waals surface area contributed by atoms with E-state index in [1.165, 1.54) is 35.6 Å². The van der Waals surface area contributed by atoms with Crippen molar-refractivity contribution in [2.45, 2.75) is 19.8 Å². The lowest BCUT2D eigenvalue weighted by Crippen LogP contribution is -2.17. The molecule has 0 aliphatic heterocycles. The first-order valence-corrected chi connectivity index (χ1v) is 12.6. The topological polar surface area (TPSA) is 63.2 Å². The van der Waals surface area contributed by atoms with E-state index in [0.29, 0.717) is 28.2 Å². The van der Waals surface area contributed by atoms with E-state index in [9.17, 15) is 18.0 Å². The van der Waals surface area contributed by atoms with Crippen LogP contribution in [0.5, 0.6) is 5.75 Å². The third-order valence-electron chi connectivity index (χ3n) is 5.95. The van der Waals surface area contributed by atoms with Gasteiger partial charge in [-0.05, 0) is 59.3 Å². The molecule has 0 saturated carbocycles. The number of fused-ring (bicyclic) bond motifs is 1. The van der Waals surface area contributed by atoms with Gasteiger partial charge in [0.05, 0.1) is 11.2 Å². The molecule has 0 fully saturated rings. The number of anilines is 2. The summed E-state index contributed by atoms with van der Waals surface area (Å²) in [5.41, 5.74) is 5.52. The van der Waals surface area contributed by atoms with Gasteiger partial charge < -0.3 is 15.4 Å². The number of halogens is 3. The SMILES string of the molecule is Cc1csc(C(=O)Nc2ccccc2-c2ccc(OC(F)(F)F)cc2)c1NCc1ccnc2ccccc12. The number of hydrogen-bond acceptors (Lipinski definition) is 5. The second kappa shape index (κ2) is 10.5. The normalized spacial score (nSPS) is 11.4. The Labute approximate surface area is 220 Å². The molecular formula is C29H22F3N3O2S. The standard InChI is InChI=1S/C29H22F3N3O2S/c1-18-17-38-27(26(18)34-16-20-14-15-33-24-8-4-2-7-23(20)24)28(36)35-25-9-5-3-6-22(25)19-10-12-21(13-11-19)37-29(30,31)32/h2-15,17,34H,16H2,1H3,(H,35,36). The molecule has 0 bridgehead atoms. The van der Waals surface area contributed by atoms with Crippen LogP contribution in [0.3, 0.4) is 0 Å². The summed E-state index contributed by atoms with van der Waals surface area (Å²) in [6, 6.07) is 22.5. The molecule has 9 heteroatoms. The number of nitrogens with zero attached hydrogens (tertiary/aromatic N) is 1. The number of carbonyl (C=O) groups is 1. The van der Waals surface area contributed by atoms with E-state index in [1.807, 2.05) is 42.6 Å². The summed E-state index contributed by atoms with van der Waals surface area (Å²) in [5.74, 6) is -0.593. The fraction of sp³-hybridized carbons (Fsp3) is 0.103. The molecule has 5 aromatic rings. The highest BCUT2D eigenvalue weighted by Crippen LogP contribution is 2.33. The van der Waals surface area contributed by atoms with Gasteiger partial charge in [-0.3, -0.25) is 9.78 Å². The molecule has 38 heavy (non-hydrogen) atoms. The van der Waals surface area contributed by atoms with Gasteiger partial charge in [-0.2, -0.15) is 0 Å². The quantitative estimate of drug-likeness (QED) is 0.222. The van der Waals surface area contributed by atoms with E-state index in [1.54, 1.807) is 30.5 Å². The second-order valence-electron chi connectivity index (χ2n) is 8.54. The Bertz CT molecular complexity index is 1590. The van der Waals surface area contributed by atoms with Gasteiger partial charge in [0.1, 0.15) is 10.6 Å². The fourth-order valence-electron chi connectivity index (χ4n) is 4.18. The van der Waals surface area contributed by atoms with Gasteiger partial charge in [-0.1, -0.05) is 48.5 Å². The van der Waals surface area contributed by atoms with E-state index in [4.69, 9.17) is 0 Å². The number of pyridine rings is 1. The molecule has 2 N–H and O–H groups in total. The predicted molar refractivity (Wildman–Crippen MR) is 145 cm³/mol. The summed E-state index contributed by atoms with van der Waals surface area (Å²) < 4.78 is 41.5. The van der Waals surface area contributed by atoms with Gasteiger partial charge in [-0.15, -0.1) is 24.5 Å². The highest BCUT2D eigenvalue weighted by atomic mass is 32.1. The number of para-hydroxylation sites is 2. The smallest absolute Gasteiger partial charge is 0.406 e. The molecule has 5 rings (SSSR count). The monoisotopic (exact) mass is 533 g/mol. The Morgan fingerprint density at radius 3 is 2.50 bits per heavy atom. The van der Waals surface area contributed by atoms with E-state index in [2.05, 4.69) is 20.4 Å². The summed E-state index contributed by atoms with van der Waals surface area (Å²) in [4.78, 5) is 18.3. The predicted octanol–water partition coefficient (Wildman–Crippen LogP) is 8.03. The van der Waals surface area contributed by atoms with Crippen molar-refractivity contribution >= 4 is 39.5 Å². The summed E-state index contributed by atoms with van der Waals surface area (Å²) in [6.45, 7) is 2.46. The van der Waals surface area contributed by atoms with Crippen LogP contribution in [0.1, 0.15) is 20.8 Å². The number of aromatic nitrogens is 1. The molecule has 0 aliphatic rings. The molecule has 2 aromatic heterocycles. The first-order chi connectivity index (χ1) is 18.3. The third-order valence-corrected chi connectivity index (χ3v) is 7.05. The lowest BCUT2D eigenvalue weighted by molar-refractivity contribution is -0.274. The lowest BCUT2D eigenvalue weighted by atomic mass is 10.0. The number of amides is 1. The Morgan fingerprint density at radius 2 is 1.71 bits per heavy atom. The number of ether oxygens (including phenoxy) is 1. The van der Waals surface area contributed by atoms with E-state index in [-0.39, 0.29) is 11.7 Å². The Balaban J connectivity index is 1.35. The number of hydrogen-bond donors (Lipinski definition) is 2. The van der Waals surface area contributed by atoms with Crippen molar-refractivity contribution in [3.63, 3.8) is 0 Å². The minimum Gasteiger partial charge on any atom is -0.406 e. The largest absolute Gasteiger partial charge is 0.573 e. The van der Waals surface area contributed by atoms with Crippen LogP contribution in [0.15, 0.2) is 90.4 Å². The van der Waals surface area contributed by atoms with Gasteiger partial charge in [0.25, 0.3) is 5.91 Å². The van der Waals surface area contributed by atoms with Crippen LogP contribution < -0.4 is 15.4 Å².